The molecule has 3 rings (SSSR count). The summed E-state index contributed by atoms with van der Waals surface area (Å²) in [5.74, 6) is 0. The summed E-state index contributed by atoms with van der Waals surface area (Å²) in [7, 11) is 1.73. The van der Waals surface area contributed by atoms with E-state index in [0.29, 0.717) is 12.6 Å². The van der Waals surface area contributed by atoms with E-state index in [-0.39, 0.29) is 6.10 Å². The third-order valence-corrected chi connectivity index (χ3v) is 5.01. The number of ether oxygens (including phenoxy) is 2. The number of benzene rings is 1. The molecule has 2 atom stereocenters. The summed E-state index contributed by atoms with van der Waals surface area (Å²) >= 11 is 1.81. The largest absolute Gasteiger partial charge is 0.382 e. The van der Waals surface area contributed by atoms with E-state index < -0.39 is 0 Å². The third-order valence-electron chi connectivity index (χ3n) is 3.95. The Bertz CT molecular complexity index is 551. The Morgan fingerprint density at radius 2 is 2.33 bits per heavy atom. The molecule has 1 fully saturated rings. The van der Waals surface area contributed by atoms with Gasteiger partial charge in [0.05, 0.1) is 34.5 Å². The molecule has 1 aliphatic heterocycles. The van der Waals surface area contributed by atoms with Gasteiger partial charge in [0.2, 0.25) is 0 Å². The minimum atomic E-state index is 0.196. The van der Waals surface area contributed by atoms with Crippen LogP contribution in [0.25, 0.3) is 10.2 Å². The first kappa shape index (κ1) is 14.9. The molecular weight excluding hydrogens is 284 g/mol. The molecule has 0 spiro atoms. The highest BCUT2D eigenvalue weighted by molar-refractivity contribution is 7.18. The molecule has 0 aliphatic carbocycles. The Labute approximate surface area is 129 Å². The van der Waals surface area contributed by atoms with Gasteiger partial charge in [0, 0.05) is 32.7 Å². The molecule has 0 amide bonds. The Kier molecular flexibility index (Phi) is 4.85. The van der Waals surface area contributed by atoms with Crippen molar-refractivity contribution in [3.05, 3.63) is 29.3 Å². The summed E-state index contributed by atoms with van der Waals surface area (Å²) < 4.78 is 12.2. The summed E-state index contributed by atoms with van der Waals surface area (Å²) in [4.78, 5) is 7.22. The molecular formula is C16H22N2O2S. The van der Waals surface area contributed by atoms with Gasteiger partial charge in [-0.3, -0.25) is 4.90 Å². The average Bonchev–Trinajstić information content (AvgIpc) is 2.90. The fourth-order valence-electron chi connectivity index (χ4n) is 2.82. The lowest BCUT2D eigenvalue weighted by atomic mass is 10.1. The molecule has 1 aromatic heterocycles. The molecule has 1 aromatic carbocycles. The minimum Gasteiger partial charge on any atom is -0.382 e. The van der Waals surface area contributed by atoms with Crippen LogP contribution in [-0.4, -0.2) is 55.4 Å². The van der Waals surface area contributed by atoms with Crippen molar-refractivity contribution in [2.75, 3.05) is 33.4 Å². The molecule has 2 aromatic rings. The normalized spacial score (nSPS) is 21.7. The van der Waals surface area contributed by atoms with Crippen molar-refractivity contribution in [3.63, 3.8) is 0 Å². The van der Waals surface area contributed by atoms with Crippen molar-refractivity contribution in [1.82, 2.24) is 9.88 Å². The summed E-state index contributed by atoms with van der Waals surface area (Å²) in [6.07, 6.45) is 1.19. The van der Waals surface area contributed by atoms with Crippen LogP contribution in [0, 0.1) is 0 Å². The van der Waals surface area contributed by atoms with E-state index in [0.717, 1.165) is 31.6 Å². The van der Waals surface area contributed by atoms with Crippen LogP contribution in [0.1, 0.15) is 11.9 Å². The molecule has 0 radical (unpaired) electrons. The molecule has 1 saturated heterocycles. The van der Waals surface area contributed by atoms with Crippen LogP contribution in [-0.2, 0) is 15.9 Å². The Morgan fingerprint density at radius 3 is 3.14 bits per heavy atom. The van der Waals surface area contributed by atoms with Crippen LogP contribution in [0.15, 0.2) is 24.3 Å². The predicted octanol–water partition coefficient (Wildman–Crippen LogP) is 2.57. The lowest BCUT2D eigenvalue weighted by Gasteiger charge is -2.36. The Balaban J connectivity index is 1.63. The van der Waals surface area contributed by atoms with E-state index in [2.05, 4.69) is 30.0 Å². The third kappa shape index (κ3) is 3.61. The van der Waals surface area contributed by atoms with Crippen LogP contribution in [0.3, 0.4) is 0 Å². The van der Waals surface area contributed by atoms with Gasteiger partial charge in [-0.2, -0.15) is 0 Å². The van der Waals surface area contributed by atoms with Gasteiger partial charge in [0.1, 0.15) is 0 Å². The first-order chi connectivity index (χ1) is 10.3. The SMILES string of the molecule is COC[C@@H]1CN([C@H](C)Cc2nc3ccccc3s2)CCO1. The van der Waals surface area contributed by atoms with Crippen molar-refractivity contribution in [2.45, 2.75) is 25.5 Å². The summed E-state index contributed by atoms with van der Waals surface area (Å²) in [6, 6.07) is 8.83. The van der Waals surface area contributed by atoms with Gasteiger partial charge in [-0.1, -0.05) is 12.1 Å². The monoisotopic (exact) mass is 306 g/mol. The number of morpholine rings is 1. The van der Waals surface area contributed by atoms with Gasteiger partial charge < -0.3 is 9.47 Å². The second kappa shape index (κ2) is 6.83. The highest BCUT2D eigenvalue weighted by Gasteiger charge is 2.24. The molecule has 2 heterocycles. The molecule has 0 bridgehead atoms. The van der Waals surface area contributed by atoms with Gasteiger partial charge >= 0.3 is 0 Å². The van der Waals surface area contributed by atoms with Gasteiger partial charge in [-0.25, -0.2) is 4.98 Å². The average molecular weight is 306 g/mol. The number of thiazole rings is 1. The van der Waals surface area contributed by atoms with E-state index in [9.17, 15) is 0 Å². The van der Waals surface area contributed by atoms with Crippen LogP contribution in [0.2, 0.25) is 0 Å². The topological polar surface area (TPSA) is 34.6 Å². The van der Waals surface area contributed by atoms with Crippen molar-refractivity contribution < 1.29 is 9.47 Å². The molecule has 114 valence electrons. The van der Waals surface area contributed by atoms with Crippen molar-refractivity contribution in [3.8, 4) is 0 Å². The number of fused-ring (bicyclic) bond motifs is 1. The Morgan fingerprint density at radius 1 is 1.48 bits per heavy atom. The number of methoxy groups -OCH3 is 1. The molecule has 1 aliphatic rings. The van der Waals surface area contributed by atoms with Crippen molar-refractivity contribution >= 4 is 21.6 Å². The summed E-state index contributed by atoms with van der Waals surface area (Å²) in [5, 5.41) is 1.22. The number of aromatic nitrogens is 1. The lowest BCUT2D eigenvalue weighted by Crippen LogP contribution is -2.48. The molecule has 5 heteroatoms. The van der Waals surface area contributed by atoms with Gasteiger partial charge in [-0.15, -0.1) is 11.3 Å². The van der Waals surface area contributed by atoms with Crippen LogP contribution in [0.5, 0.6) is 0 Å². The second-order valence-corrected chi connectivity index (χ2v) is 6.69. The fourth-order valence-corrected chi connectivity index (χ4v) is 3.91. The summed E-state index contributed by atoms with van der Waals surface area (Å²) in [6.45, 7) is 5.68. The van der Waals surface area contributed by atoms with Crippen molar-refractivity contribution in [1.29, 1.82) is 0 Å². The minimum absolute atomic E-state index is 0.196. The van der Waals surface area contributed by atoms with E-state index >= 15 is 0 Å². The van der Waals surface area contributed by atoms with Gasteiger partial charge in [-0.05, 0) is 19.1 Å². The van der Waals surface area contributed by atoms with Crippen molar-refractivity contribution in [2.24, 2.45) is 0 Å². The zero-order valence-electron chi connectivity index (χ0n) is 12.6. The fraction of sp³-hybridized carbons (Fsp3) is 0.562. The number of hydrogen-bond donors (Lipinski definition) is 0. The first-order valence-corrected chi connectivity index (χ1v) is 8.27. The van der Waals surface area contributed by atoms with Gasteiger partial charge in [0.25, 0.3) is 0 Å². The lowest BCUT2D eigenvalue weighted by molar-refractivity contribution is -0.0700. The standard InChI is InChI=1S/C16H22N2O2S/c1-12(18-7-8-20-13(10-18)11-19-2)9-16-17-14-5-3-4-6-15(14)21-16/h3-6,12-13H,7-11H2,1-2H3/t12-,13+/m1/s1. The quantitative estimate of drug-likeness (QED) is 0.850. The molecule has 0 unspecified atom stereocenters. The highest BCUT2D eigenvalue weighted by Crippen LogP contribution is 2.23. The van der Waals surface area contributed by atoms with Crippen LogP contribution < -0.4 is 0 Å². The van der Waals surface area contributed by atoms with E-state index in [1.807, 2.05) is 6.07 Å². The molecule has 21 heavy (non-hydrogen) atoms. The zero-order chi connectivity index (χ0) is 14.7. The molecule has 0 N–H and O–H groups in total. The maximum Gasteiger partial charge on any atom is 0.0954 e. The number of nitrogens with zero attached hydrogens (tertiary/aromatic N) is 2. The smallest absolute Gasteiger partial charge is 0.0954 e. The predicted molar refractivity (Wildman–Crippen MR) is 86.0 cm³/mol. The Hall–Kier alpha value is -1.01. The zero-order valence-corrected chi connectivity index (χ0v) is 13.4. The highest BCUT2D eigenvalue weighted by atomic mass is 32.1. The first-order valence-electron chi connectivity index (χ1n) is 7.45. The molecule has 4 nitrogen and oxygen atoms in total. The van der Waals surface area contributed by atoms with E-state index in [1.54, 1.807) is 18.4 Å². The van der Waals surface area contributed by atoms with Gasteiger partial charge in [0.15, 0.2) is 0 Å². The number of rotatable bonds is 5. The van der Waals surface area contributed by atoms with E-state index in [4.69, 9.17) is 14.5 Å². The number of hydrogen-bond acceptors (Lipinski definition) is 5. The van der Waals surface area contributed by atoms with Crippen LogP contribution in [0.4, 0.5) is 0 Å². The maximum atomic E-state index is 5.72. The second-order valence-electron chi connectivity index (χ2n) is 5.57. The number of para-hydroxylation sites is 1. The maximum absolute atomic E-state index is 5.72. The van der Waals surface area contributed by atoms with E-state index in [1.165, 1.54) is 9.71 Å². The van der Waals surface area contributed by atoms with Crippen LogP contribution >= 0.6 is 11.3 Å². The molecule has 0 saturated carbocycles. The summed E-state index contributed by atoms with van der Waals surface area (Å²) in [5.41, 5.74) is 1.11.